The quantitative estimate of drug-likeness (QED) is 0.798. The zero-order valence-electron chi connectivity index (χ0n) is 13.2. The highest BCUT2D eigenvalue weighted by atomic mass is 32.1. The smallest absolute Gasteiger partial charge is 0.328 e. The predicted octanol–water partition coefficient (Wildman–Crippen LogP) is 0.551. The van der Waals surface area contributed by atoms with Crippen LogP contribution in [-0.4, -0.2) is 40.0 Å². The highest BCUT2D eigenvalue weighted by Crippen LogP contribution is 2.27. The Bertz CT molecular complexity index is 790. The molecule has 3 heterocycles. The van der Waals surface area contributed by atoms with Gasteiger partial charge in [-0.3, -0.25) is 24.0 Å². The fourth-order valence-corrected chi connectivity index (χ4v) is 3.79. The van der Waals surface area contributed by atoms with Crippen molar-refractivity contribution in [1.82, 2.24) is 19.8 Å². The van der Waals surface area contributed by atoms with Gasteiger partial charge in [-0.25, -0.2) is 4.79 Å². The molecule has 1 fully saturated rings. The number of nitrogens with zero attached hydrogens (tertiary/aromatic N) is 2. The Morgan fingerprint density at radius 1 is 1.29 bits per heavy atom. The van der Waals surface area contributed by atoms with Crippen LogP contribution >= 0.6 is 11.3 Å². The van der Waals surface area contributed by atoms with E-state index in [0.717, 1.165) is 13.1 Å². The standard InChI is InChI=1S/C16H20N4O3S/c21-14-5-8-20(16(23)18-14)11-15(22)17-10-12(13-4-3-9-24-13)19-6-1-2-7-19/h3-5,8-9,12H,1-2,6-7,10-11H2,(H,17,22)(H,18,21,23). The van der Waals surface area contributed by atoms with Gasteiger partial charge in [0.25, 0.3) is 5.56 Å². The maximum Gasteiger partial charge on any atom is 0.328 e. The van der Waals surface area contributed by atoms with E-state index in [1.54, 1.807) is 11.3 Å². The molecule has 8 heteroatoms. The second-order valence-corrected chi connectivity index (χ2v) is 6.80. The van der Waals surface area contributed by atoms with Crippen LogP contribution in [0.15, 0.2) is 39.4 Å². The Kier molecular flexibility index (Phi) is 5.27. The lowest BCUT2D eigenvalue weighted by Gasteiger charge is -2.27. The minimum absolute atomic E-state index is 0.104. The monoisotopic (exact) mass is 348 g/mol. The molecule has 3 rings (SSSR count). The van der Waals surface area contributed by atoms with Gasteiger partial charge in [0.2, 0.25) is 5.91 Å². The van der Waals surface area contributed by atoms with E-state index in [0.29, 0.717) is 6.54 Å². The van der Waals surface area contributed by atoms with Crippen molar-refractivity contribution in [2.45, 2.75) is 25.4 Å². The number of amides is 1. The van der Waals surface area contributed by atoms with Gasteiger partial charge in [-0.1, -0.05) is 6.07 Å². The summed E-state index contributed by atoms with van der Waals surface area (Å²) < 4.78 is 1.19. The fourth-order valence-electron chi connectivity index (χ4n) is 2.93. The minimum atomic E-state index is -0.577. The molecule has 1 aliphatic rings. The van der Waals surface area contributed by atoms with E-state index in [4.69, 9.17) is 0 Å². The zero-order valence-corrected chi connectivity index (χ0v) is 14.1. The van der Waals surface area contributed by atoms with Gasteiger partial charge in [0.15, 0.2) is 0 Å². The van der Waals surface area contributed by atoms with Gasteiger partial charge in [-0.15, -0.1) is 11.3 Å². The Balaban J connectivity index is 1.62. The average molecular weight is 348 g/mol. The average Bonchev–Trinajstić information content (AvgIpc) is 3.24. The van der Waals surface area contributed by atoms with Crippen LogP contribution in [0.3, 0.4) is 0 Å². The molecule has 1 unspecified atom stereocenters. The third-order valence-corrected chi connectivity index (χ3v) is 5.13. The van der Waals surface area contributed by atoms with Crippen molar-refractivity contribution in [2.75, 3.05) is 19.6 Å². The second-order valence-electron chi connectivity index (χ2n) is 5.82. The summed E-state index contributed by atoms with van der Waals surface area (Å²) in [7, 11) is 0. The van der Waals surface area contributed by atoms with E-state index in [-0.39, 0.29) is 18.5 Å². The first-order chi connectivity index (χ1) is 11.6. The number of hydrogen-bond acceptors (Lipinski definition) is 5. The van der Waals surface area contributed by atoms with Crippen LogP contribution < -0.4 is 16.6 Å². The summed E-state index contributed by atoms with van der Waals surface area (Å²) in [6, 6.07) is 5.51. The molecule has 7 nitrogen and oxygen atoms in total. The third kappa shape index (κ3) is 4.01. The second kappa shape index (κ2) is 7.59. The van der Waals surface area contributed by atoms with Crippen LogP contribution in [0.1, 0.15) is 23.8 Å². The van der Waals surface area contributed by atoms with Crippen molar-refractivity contribution in [3.05, 3.63) is 55.5 Å². The van der Waals surface area contributed by atoms with E-state index < -0.39 is 11.2 Å². The van der Waals surface area contributed by atoms with Gasteiger partial charge >= 0.3 is 5.69 Å². The van der Waals surface area contributed by atoms with E-state index in [2.05, 4.69) is 21.3 Å². The molecule has 0 aliphatic carbocycles. The van der Waals surface area contributed by atoms with Crippen molar-refractivity contribution >= 4 is 17.2 Å². The molecule has 0 radical (unpaired) electrons. The van der Waals surface area contributed by atoms with E-state index in [9.17, 15) is 14.4 Å². The number of rotatable bonds is 6. The molecule has 0 aromatic carbocycles. The van der Waals surface area contributed by atoms with Crippen LogP contribution in [0.2, 0.25) is 0 Å². The number of H-pyrrole nitrogens is 1. The summed E-state index contributed by atoms with van der Waals surface area (Å²) in [4.78, 5) is 40.6. The molecule has 2 N–H and O–H groups in total. The summed E-state index contributed by atoms with van der Waals surface area (Å²) in [5.74, 6) is -0.245. The van der Waals surface area contributed by atoms with Gasteiger partial charge in [0.1, 0.15) is 6.54 Å². The molecular formula is C16H20N4O3S. The number of carbonyl (C=O) groups excluding carboxylic acids is 1. The Hall–Kier alpha value is -2.19. The highest BCUT2D eigenvalue weighted by Gasteiger charge is 2.24. The number of nitrogens with one attached hydrogen (secondary N) is 2. The molecule has 0 spiro atoms. The first-order valence-electron chi connectivity index (χ1n) is 7.97. The van der Waals surface area contributed by atoms with Crippen LogP contribution in [0.4, 0.5) is 0 Å². The Morgan fingerprint density at radius 3 is 2.75 bits per heavy atom. The lowest BCUT2D eigenvalue weighted by Crippen LogP contribution is -2.39. The van der Waals surface area contributed by atoms with Crippen LogP contribution in [0, 0.1) is 0 Å². The summed E-state index contributed by atoms with van der Waals surface area (Å²) in [5.41, 5.74) is -1.05. The largest absolute Gasteiger partial charge is 0.353 e. The van der Waals surface area contributed by atoms with Crippen molar-refractivity contribution in [2.24, 2.45) is 0 Å². The molecule has 128 valence electrons. The molecule has 1 saturated heterocycles. The molecule has 2 aromatic heterocycles. The number of hydrogen-bond donors (Lipinski definition) is 2. The number of aromatic amines is 1. The van der Waals surface area contributed by atoms with Crippen molar-refractivity contribution < 1.29 is 4.79 Å². The number of carbonyl (C=O) groups is 1. The maximum absolute atomic E-state index is 12.2. The predicted molar refractivity (Wildman–Crippen MR) is 92.2 cm³/mol. The molecule has 0 bridgehead atoms. The fraction of sp³-hybridized carbons (Fsp3) is 0.438. The van der Waals surface area contributed by atoms with Crippen molar-refractivity contribution in [3.63, 3.8) is 0 Å². The van der Waals surface area contributed by atoms with Crippen LogP contribution in [0.5, 0.6) is 0 Å². The Labute approximate surface area is 142 Å². The topological polar surface area (TPSA) is 87.2 Å². The van der Waals surface area contributed by atoms with Gasteiger partial charge < -0.3 is 5.32 Å². The van der Waals surface area contributed by atoms with Crippen LogP contribution in [-0.2, 0) is 11.3 Å². The normalized spacial score (nSPS) is 16.2. The van der Waals surface area contributed by atoms with E-state index in [1.807, 2.05) is 11.4 Å². The van der Waals surface area contributed by atoms with E-state index >= 15 is 0 Å². The van der Waals surface area contributed by atoms with Gasteiger partial charge in [0, 0.05) is 23.7 Å². The van der Waals surface area contributed by atoms with Crippen LogP contribution in [0.25, 0.3) is 0 Å². The number of aromatic nitrogens is 2. The molecule has 1 amide bonds. The molecule has 1 aliphatic heterocycles. The zero-order chi connectivity index (χ0) is 16.9. The number of thiophene rings is 1. The maximum atomic E-state index is 12.2. The summed E-state index contributed by atoms with van der Waals surface area (Å²) >= 11 is 1.69. The molecular weight excluding hydrogens is 328 g/mol. The first-order valence-corrected chi connectivity index (χ1v) is 8.85. The number of likely N-dealkylation sites (tertiary alicyclic amines) is 1. The SMILES string of the molecule is O=C(Cn1ccc(=O)[nH]c1=O)NCC(c1cccs1)N1CCCC1. The van der Waals surface area contributed by atoms with Crippen molar-refractivity contribution in [3.8, 4) is 0 Å². The summed E-state index contributed by atoms with van der Waals surface area (Å²) in [6.45, 7) is 2.49. The minimum Gasteiger partial charge on any atom is -0.353 e. The lowest BCUT2D eigenvalue weighted by molar-refractivity contribution is -0.122. The first kappa shape index (κ1) is 16.7. The summed E-state index contributed by atoms with van der Waals surface area (Å²) in [6.07, 6.45) is 3.70. The van der Waals surface area contributed by atoms with E-state index in [1.165, 1.54) is 34.5 Å². The lowest BCUT2D eigenvalue weighted by atomic mass is 10.2. The molecule has 2 aromatic rings. The summed E-state index contributed by atoms with van der Waals surface area (Å²) in [5, 5.41) is 4.95. The van der Waals surface area contributed by atoms with Crippen molar-refractivity contribution in [1.29, 1.82) is 0 Å². The highest BCUT2D eigenvalue weighted by molar-refractivity contribution is 7.10. The molecule has 0 saturated carbocycles. The van der Waals surface area contributed by atoms with Gasteiger partial charge in [-0.05, 0) is 37.4 Å². The Morgan fingerprint density at radius 2 is 2.08 bits per heavy atom. The molecule has 1 atom stereocenters. The molecule has 24 heavy (non-hydrogen) atoms. The van der Waals surface area contributed by atoms with Gasteiger partial charge in [0.05, 0.1) is 6.04 Å². The third-order valence-electron chi connectivity index (χ3n) is 4.16. The van der Waals surface area contributed by atoms with Gasteiger partial charge in [-0.2, -0.15) is 0 Å².